The van der Waals surface area contributed by atoms with E-state index in [1.165, 1.54) is 25.7 Å². The van der Waals surface area contributed by atoms with Crippen molar-refractivity contribution in [3.8, 4) is 0 Å². The number of carbonyl (C=O) groups excluding carboxylic acids is 1. The molecule has 0 aliphatic rings. The van der Waals surface area contributed by atoms with E-state index in [0.29, 0.717) is 19.3 Å². The highest BCUT2D eigenvalue weighted by Crippen LogP contribution is 2.12. The second kappa shape index (κ2) is 10.9. The van der Waals surface area contributed by atoms with Crippen LogP contribution in [0.15, 0.2) is 24.3 Å². The Bertz CT molecular complexity index is 454. The van der Waals surface area contributed by atoms with Gasteiger partial charge in [0.05, 0.1) is 0 Å². The zero-order valence-electron chi connectivity index (χ0n) is 13.6. The second-order valence-corrected chi connectivity index (χ2v) is 5.80. The van der Waals surface area contributed by atoms with Crippen LogP contribution in [0.5, 0.6) is 0 Å². The van der Waals surface area contributed by atoms with Crippen LogP contribution in [0.25, 0.3) is 0 Å². The topological polar surface area (TPSA) is 60.2 Å². The normalized spacial score (nSPS) is 10.6. The minimum Gasteiger partial charge on any atom is -0.294 e. The van der Waals surface area contributed by atoms with E-state index in [4.69, 9.17) is 0 Å². The lowest BCUT2D eigenvalue weighted by Gasteiger charge is -2.04. The quantitative estimate of drug-likeness (QED) is 0.240. The Balaban J connectivity index is 2.26. The van der Waals surface area contributed by atoms with Crippen molar-refractivity contribution in [2.75, 3.05) is 6.54 Å². The molecule has 0 spiro atoms. The number of hydrogen-bond donors (Lipinski definition) is 0. The van der Waals surface area contributed by atoms with E-state index in [1.54, 1.807) is 0 Å². The van der Waals surface area contributed by atoms with Crippen LogP contribution in [0.2, 0.25) is 0 Å². The number of aryl methyl sites for hydroxylation is 1. The van der Waals surface area contributed by atoms with Crippen LogP contribution in [-0.4, -0.2) is 17.3 Å². The van der Waals surface area contributed by atoms with Gasteiger partial charge in [-0.05, 0) is 18.4 Å². The Morgan fingerprint density at radius 2 is 1.64 bits per heavy atom. The van der Waals surface area contributed by atoms with E-state index in [-0.39, 0.29) is 17.3 Å². The molecular formula is C18H27NO3. The lowest BCUT2D eigenvalue weighted by molar-refractivity contribution is -0.480. The Kier molecular flexibility index (Phi) is 9.12. The zero-order chi connectivity index (χ0) is 16.2. The van der Waals surface area contributed by atoms with Crippen molar-refractivity contribution in [2.45, 2.75) is 64.7 Å². The minimum absolute atomic E-state index is 0.00128. The fraction of sp³-hybridized carbons (Fsp3) is 0.611. The van der Waals surface area contributed by atoms with Gasteiger partial charge in [0.15, 0.2) is 5.78 Å². The first kappa shape index (κ1) is 18.3. The molecule has 0 saturated carbocycles. The fourth-order valence-corrected chi connectivity index (χ4v) is 2.48. The lowest BCUT2D eigenvalue weighted by atomic mass is 10.0. The minimum atomic E-state index is -0.293. The fourth-order valence-electron chi connectivity index (χ4n) is 2.48. The molecule has 0 aliphatic carbocycles. The van der Waals surface area contributed by atoms with Crippen molar-refractivity contribution in [1.82, 2.24) is 0 Å². The molecule has 0 saturated heterocycles. The maximum atomic E-state index is 12.1. The molecule has 1 rings (SSSR count). The third-order valence-corrected chi connectivity index (χ3v) is 3.84. The highest BCUT2D eigenvalue weighted by Gasteiger charge is 2.06. The first-order valence-corrected chi connectivity index (χ1v) is 8.37. The monoisotopic (exact) mass is 305 g/mol. The number of nitro groups is 1. The summed E-state index contributed by atoms with van der Waals surface area (Å²) >= 11 is 0. The van der Waals surface area contributed by atoms with Crippen molar-refractivity contribution in [2.24, 2.45) is 0 Å². The van der Waals surface area contributed by atoms with E-state index in [0.717, 1.165) is 24.0 Å². The number of rotatable bonds is 12. The van der Waals surface area contributed by atoms with Crippen LogP contribution in [-0.2, 0) is 6.42 Å². The summed E-state index contributed by atoms with van der Waals surface area (Å²) in [5, 5.41) is 10.3. The predicted octanol–water partition coefficient (Wildman–Crippen LogP) is 4.83. The molecule has 4 heteroatoms. The Labute approximate surface area is 133 Å². The summed E-state index contributed by atoms with van der Waals surface area (Å²) in [4.78, 5) is 22.0. The molecule has 4 nitrogen and oxygen atoms in total. The van der Waals surface area contributed by atoms with Gasteiger partial charge in [0.25, 0.3) is 0 Å². The van der Waals surface area contributed by atoms with Gasteiger partial charge in [-0.1, -0.05) is 63.3 Å². The van der Waals surface area contributed by atoms with Gasteiger partial charge in [0, 0.05) is 23.3 Å². The number of benzene rings is 1. The molecular weight excluding hydrogens is 278 g/mol. The molecule has 0 fully saturated rings. The van der Waals surface area contributed by atoms with Gasteiger partial charge in [-0.25, -0.2) is 0 Å². The third-order valence-electron chi connectivity index (χ3n) is 3.84. The van der Waals surface area contributed by atoms with Gasteiger partial charge in [-0.15, -0.1) is 0 Å². The maximum Gasteiger partial charge on any atom is 0.204 e. The largest absolute Gasteiger partial charge is 0.294 e. The number of Topliss-reactive ketones (excluding diaryl/α,β-unsaturated/α-hetero) is 1. The van der Waals surface area contributed by atoms with Crippen LogP contribution < -0.4 is 0 Å². The van der Waals surface area contributed by atoms with Crippen molar-refractivity contribution in [3.05, 3.63) is 45.5 Å². The first-order valence-electron chi connectivity index (χ1n) is 8.37. The maximum absolute atomic E-state index is 12.1. The molecule has 122 valence electrons. The standard InChI is InChI=1S/C18H27NO3/c1-2-3-4-5-6-7-10-18(20)17-13-11-16(12-14-17)9-8-15-19(21)22/h11-14H,2-10,15H2,1H3. The third kappa shape index (κ3) is 7.91. The summed E-state index contributed by atoms with van der Waals surface area (Å²) in [6.45, 7) is 2.20. The molecule has 22 heavy (non-hydrogen) atoms. The number of ketones is 1. The Morgan fingerprint density at radius 3 is 2.27 bits per heavy atom. The average Bonchev–Trinajstić information content (AvgIpc) is 2.51. The molecule has 0 aliphatic heterocycles. The van der Waals surface area contributed by atoms with E-state index in [2.05, 4.69) is 6.92 Å². The highest BCUT2D eigenvalue weighted by atomic mass is 16.6. The van der Waals surface area contributed by atoms with Gasteiger partial charge in [0.2, 0.25) is 6.54 Å². The zero-order valence-corrected chi connectivity index (χ0v) is 13.6. The summed E-state index contributed by atoms with van der Waals surface area (Å²) in [5.74, 6) is 0.201. The van der Waals surface area contributed by atoms with E-state index in [9.17, 15) is 14.9 Å². The molecule has 0 unspecified atom stereocenters. The number of unbranched alkanes of at least 4 members (excludes halogenated alkanes) is 5. The van der Waals surface area contributed by atoms with E-state index >= 15 is 0 Å². The smallest absolute Gasteiger partial charge is 0.204 e. The van der Waals surface area contributed by atoms with Crippen LogP contribution in [0.1, 0.15) is 74.2 Å². The SMILES string of the molecule is CCCCCCCCC(=O)c1ccc(CCC[N+](=O)[O-])cc1. The van der Waals surface area contributed by atoms with Gasteiger partial charge in [0.1, 0.15) is 0 Å². The van der Waals surface area contributed by atoms with Crippen LogP contribution in [0.3, 0.4) is 0 Å². The van der Waals surface area contributed by atoms with E-state index in [1.807, 2.05) is 24.3 Å². The van der Waals surface area contributed by atoms with Crippen LogP contribution in [0, 0.1) is 10.1 Å². The van der Waals surface area contributed by atoms with Gasteiger partial charge < -0.3 is 0 Å². The first-order chi connectivity index (χ1) is 10.6. The predicted molar refractivity (Wildman–Crippen MR) is 88.9 cm³/mol. The number of carbonyl (C=O) groups is 1. The highest BCUT2D eigenvalue weighted by molar-refractivity contribution is 5.96. The van der Waals surface area contributed by atoms with Crippen molar-refractivity contribution < 1.29 is 9.72 Å². The van der Waals surface area contributed by atoms with Crippen molar-refractivity contribution in [3.63, 3.8) is 0 Å². The van der Waals surface area contributed by atoms with Crippen LogP contribution in [0.4, 0.5) is 0 Å². The molecule has 1 aromatic carbocycles. The molecule has 0 heterocycles. The van der Waals surface area contributed by atoms with Gasteiger partial charge in [-0.2, -0.15) is 0 Å². The molecule has 1 aromatic rings. The summed E-state index contributed by atoms with van der Waals surface area (Å²) in [7, 11) is 0. The van der Waals surface area contributed by atoms with Crippen molar-refractivity contribution >= 4 is 5.78 Å². The number of hydrogen-bond acceptors (Lipinski definition) is 3. The second-order valence-electron chi connectivity index (χ2n) is 5.80. The molecule has 0 bridgehead atoms. The summed E-state index contributed by atoms with van der Waals surface area (Å²) in [6.07, 6.45) is 8.95. The average molecular weight is 305 g/mol. The molecule has 0 N–H and O–H groups in total. The van der Waals surface area contributed by atoms with E-state index < -0.39 is 0 Å². The summed E-state index contributed by atoms with van der Waals surface area (Å²) in [5.41, 5.74) is 1.81. The summed E-state index contributed by atoms with van der Waals surface area (Å²) in [6, 6.07) is 7.52. The number of nitrogens with zero attached hydrogens (tertiary/aromatic N) is 1. The summed E-state index contributed by atoms with van der Waals surface area (Å²) < 4.78 is 0. The molecule has 0 amide bonds. The van der Waals surface area contributed by atoms with Gasteiger partial charge >= 0.3 is 0 Å². The Hall–Kier alpha value is -1.71. The van der Waals surface area contributed by atoms with Crippen LogP contribution >= 0.6 is 0 Å². The van der Waals surface area contributed by atoms with Gasteiger partial charge in [-0.3, -0.25) is 14.9 Å². The lowest BCUT2D eigenvalue weighted by Crippen LogP contribution is -2.02. The molecule has 0 atom stereocenters. The molecule has 0 radical (unpaired) electrons. The molecule has 0 aromatic heterocycles. The van der Waals surface area contributed by atoms with Crippen molar-refractivity contribution in [1.29, 1.82) is 0 Å². The Morgan fingerprint density at radius 1 is 1.00 bits per heavy atom.